The Morgan fingerprint density at radius 1 is 1.02 bits per heavy atom. The first-order valence-corrected chi connectivity index (χ1v) is 21.7. The lowest BCUT2D eigenvalue weighted by molar-refractivity contribution is -0.120. The van der Waals surface area contributed by atoms with Crippen LogP contribution in [0.3, 0.4) is 0 Å². The van der Waals surface area contributed by atoms with E-state index >= 15 is 8.78 Å². The van der Waals surface area contributed by atoms with Crippen LogP contribution in [0.1, 0.15) is 81.8 Å². The lowest BCUT2D eigenvalue weighted by atomic mass is 9.93. The van der Waals surface area contributed by atoms with Crippen LogP contribution in [0.25, 0.3) is 32.7 Å². The Kier molecular flexibility index (Phi) is 11.7. The topological polar surface area (TPSA) is 163 Å². The van der Waals surface area contributed by atoms with Crippen LogP contribution in [-0.2, 0) is 17.8 Å². The highest BCUT2D eigenvalue weighted by Crippen LogP contribution is 2.44. The number of allylic oxidation sites excluding steroid dienone is 2. The van der Waals surface area contributed by atoms with E-state index in [1.165, 1.54) is 11.3 Å². The molecule has 3 aromatic carbocycles. The fourth-order valence-electron chi connectivity index (χ4n) is 8.58. The van der Waals surface area contributed by atoms with Gasteiger partial charge in [-0.3, -0.25) is 14.6 Å². The number of hydrogen-bond acceptors (Lipinski definition) is 9. The van der Waals surface area contributed by atoms with Gasteiger partial charge in [0.05, 0.1) is 34.4 Å². The van der Waals surface area contributed by atoms with E-state index in [2.05, 4.69) is 47.7 Å². The average molecular weight is 926 g/mol. The number of H-pyrrole nitrogens is 1. The number of halogens is 7. The molecule has 6 aromatic rings. The number of aromatic amines is 1. The number of fused-ring (bicyclic) bond motifs is 2. The Labute approximate surface area is 376 Å². The van der Waals surface area contributed by atoms with E-state index in [0.29, 0.717) is 44.6 Å². The molecule has 3 aliphatic rings. The highest BCUT2D eigenvalue weighted by molar-refractivity contribution is 7.19. The summed E-state index contributed by atoms with van der Waals surface area (Å²) in [5, 5.41) is 9.24. The van der Waals surface area contributed by atoms with Crippen molar-refractivity contribution in [2.45, 2.75) is 63.3 Å². The molecule has 2 amide bonds. The number of nitrogens with two attached hydrogens (primary N) is 1. The number of carbonyl (C=O) groups is 2. The predicted molar refractivity (Wildman–Crippen MR) is 233 cm³/mol. The molecule has 11 nitrogen and oxygen atoms in total. The number of benzene rings is 3. The van der Waals surface area contributed by atoms with Gasteiger partial charge in [-0.15, -0.1) is 11.3 Å². The lowest BCUT2D eigenvalue weighted by Crippen LogP contribution is -2.34. The average Bonchev–Trinajstić information content (AvgIpc) is 4.12. The van der Waals surface area contributed by atoms with E-state index in [-0.39, 0.29) is 35.3 Å². The van der Waals surface area contributed by atoms with E-state index in [0.717, 1.165) is 61.1 Å². The van der Waals surface area contributed by atoms with Gasteiger partial charge in [-0.25, -0.2) is 23.7 Å². The van der Waals surface area contributed by atoms with Crippen LogP contribution in [0.15, 0.2) is 89.2 Å². The number of pyridine rings is 1. The minimum absolute atomic E-state index is 0.0688. The zero-order valence-corrected chi connectivity index (χ0v) is 35.7. The lowest BCUT2D eigenvalue weighted by Gasteiger charge is -2.22. The normalized spacial score (nSPS) is 19.7. The van der Waals surface area contributed by atoms with Crippen molar-refractivity contribution in [1.29, 1.82) is 0 Å². The highest BCUT2D eigenvalue weighted by Gasteiger charge is 2.52. The van der Waals surface area contributed by atoms with Gasteiger partial charge in [0.15, 0.2) is 10.7 Å². The van der Waals surface area contributed by atoms with Gasteiger partial charge in [-0.1, -0.05) is 37.1 Å². The predicted octanol–water partition coefficient (Wildman–Crippen LogP) is 8.39. The fourth-order valence-corrected chi connectivity index (χ4v) is 9.38. The zero-order chi connectivity index (χ0) is 46.5. The maximum Gasteiger partial charge on any atom is 0.431 e. The van der Waals surface area contributed by atoms with Crippen molar-refractivity contribution < 1.29 is 40.3 Å². The Balaban J connectivity index is 1.08. The molecule has 0 bridgehead atoms. The monoisotopic (exact) mass is 925 g/mol. The second kappa shape index (κ2) is 17.5. The van der Waals surface area contributed by atoms with Gasteiger partial charge in [0.2, 0.25) is 5.91 Å². The summed E-state index contributed by atoms with van der Waals surface area (Å²) in [4.78, 5) is 47.7. The summed E-state index contributed by atoms with van der Waals surface area (Å²) >= 11 is 1.22. The third-order valence-electron chi connectivity index (χ3n) is 11.7. The van der Waals surface area contributed by atoms with Crippen LogP contribution < -0.4 is 21.7 Å². The molecule has 1 saturated carbocycles. The van der Waals surface area contributed by atoms with E-state index in [4.69, 9.17) is 10.7 Å². The van der Waals surface area contributed by atoms with Crippen molar-refractivity contribution in [2.75, 3.05) is 13.1 Å². The second-order valence-corrected chi connectivity index (χ2v) is 17.4. The van der Waals surface area contributed by atoms with Crippen LogP contribution >= 0.6 is 11.3 Å². The number of aromatic nitrogens is 4. The molecule has 0 unspecified atom stereocenters. The number of nitrogens with zero attached hydrogens (tertiary/aromatic N) is 4. The van der Waals surface area contributed by atoms with Gasteiger partial charge in [-0.05, 0) is 96.3 Å². The molecule has 19 heteroatoms. The van der Waals surface area contributed by atoms with Gasteiger partial charge >= 0.3 is 6.18 Å². The Hall–Kier alpha value is -6.91. The Morgan fingerprint density at radius 2 is 1.77 bits per heavy atom. The highest BCUT2D eigenvalue weighted by atomic mass is 32.1. The smallest absolute Gasteiger partial charge is 0.394 e. The van der Waals surface area contributed by atoms with Crippen LogP contribution in [0.2, 0.25) is 0 Å². The summed E-state index contributed by atoms with van der Waals surface area (Å²) in [5.41, 5.74) is 6.26. The van der Waals surface area contributed by atoms with Crippen molar-refractivity contribution in [1.82, 2.24) is 35.9 Å². The molecule has 2 aliphatic heterocycles. The molecular weight excluding hydrogens is 888 g/mol. The molecule has 6 N–H and O–H groups in total. The van der Waals surface area contributed by atoms with Gasteiger partial charge in [0.1, 0.15) is 35.4 Å². The third kappa shape index (κ3) is 9.15. The number of hydrogen-bond donors (Lipinski definition) is 5. The van der Waals surface area contributed by atoms with Gasteiger partial charge in [0, 0.05) is 41.3 Å². The molecule has 1 saturated heterocycles. The summed E-state index contributed by atoms with van der Waals surface area (Å²) in [5.74, 6) is -1.23. The summed E-state index contributed by atoms with van der Waals surface area (Å²) in [6, 6.07) is 16.1. The second-order valence-electron chi connectivity index (χ2n) is 16.4. The van der Waals surface area contributed by atoms with Gasteiger partial charge in [-0.2, -0.15) is 22.0 Å². The first-order chi connectivity index (χ1) is 31.5. The number of carbonyl (C=O) groups excluding carboxylic acids is 2. The molecular formula is C47H38F7N9O2S. The number of rotatable bonds is 9. The molecule has 3 atom stereocenters. The van der Waals surface area contributed by atoms with Crippen LogP contribution in [0.5, 0.6) is 0 Å². The summed E-state index contributed by atoms with van der Waals surface area (Å²) in [6.45, 7) is 1.35. The standard InChI is InChI=1S/C47H38F7N9O2S/c1-23-19-46(50,51)42(39(23)41(55)47(52,53)54)57-22-37(64)60-34(15-25-13-29(48)17-30(49)14-25)40-31(27-9-10-28-20-59-45(65)32(28)16-27)18-36-44(63-40)62-38(66-36)11-6-24-4-7-26(8-5-24)35-21-58-43(61-35)33-3-2-12-56-33/h4-5,7-10,13-14,16-18,21,23,33-34,56H,2-3,12,15,19-20,22,55H2,1H3,(H,58,61)(H,59,65)(H,60,64)/t23-,33-,34-/m0/s1. The molecule has 5 heterocycles. The minimum atomic E-state index is -5.14. The van der Waals surface area contributed by atoms with Gasteiger partial charge < -0.3 is 26.7 Å². The Bertz CT molecular complexity index is 3010. The number of aliphatic imine (C=N–C) groups is 1. The van der Waals surface area contributed by atoms with E-state index in [1.54, 1.807) is 30.5 Å². The summed E-state index contributed by atoms with van der Waals surface area (Å²) in [6.07, 6.45) is -2.54. The molecule has 0 spiro atoms. The van der Waals surface area contributed by atoms with Gasteiger partial charge in [0.25, 0.3) is 11.8 Å². The maximum atomic E-state index is 15.1. The largest absolute Gasteiger partial charge is 0.431 e. The van der Waals surface area contributed by atoms with Crippen molar-refractivity contribution in [3.63, 3.8) is 0 Å². The van der Waals surface area contributed by atoms with Crippen molar-refractivity contribution in [2.24, 2.45) is 16.6 Å². The van der Waals surface area contributed by atoms with Crippen LogP contribution in [0, 0.1) is 29.4 Å². The zero-order valence-electron chi connectivity index (χ0n) is 34.8. The SMILES string of the molecule is C[C@H]1CC(F)(F)C(=NCC(=O)N[C@@H](Cc2cc(F)cc(F)c2)c2nc3nc(C#Cc4ccc(-c5cnc([C@@H]6CCCN6)[nH]5)cc4)sc3cc2-c2ccc3c(c2)C(=O)NC3)C1=C(N)C(F)(F)F. The number of nitrogens with one attached hydrogen (secondary N) is 4. The maximum absolute atomic E-state index is 15.1. The first-order valence-electron chi connectivity index (χ1n) is 20.9. The number of alkyl halides is 5. The van der Waals surface area contributed by atoms with Crippen LogP contribution in [-0.4, -0.2) is 62.7 Å². The fraction of sp³-hybridized carbons (Fsp3) is 0.277. The molecule has 0 radical (unpaired) electrons. The first kappa shape index (κ1) is 44.3. The number of amides is 2. The molecule has 1 aliphatic carbocycles. The van der Waals surface area contributed by atoms with Crippen LogP contribution in [0.4, 0.5) is 30.7 Å². The summed E-state index contributed by atoms with van der Waals surface area (Å²) < 4.78 is 101. The van der Waals surface area contributed by atoms with Crippen molar-refractivity contribution in [3.8, 4) is 34.2 Å². The van der Waals surface area contributed by atoms with E-state index in [1.807, 2.05) is 24.3 Å². The molecule has 3 aromatic heterocycles. The quantitative estimate of drug-likeness (QED) is 0.0719. The molecule has 66 heavy (non-hydrogen) atoms. The molecule has 2 fully saturated rings. The minimum Gasteiger partial charge on any atom is -0.394 e. The molecule has 338 valence electrons. The van der Waals surface area contributed by atoms with E-state index < -0.39 is 71.5 Å². The Morgan fingerprint density at radius 3 is 2.50 bits per heavy atom. The number of thiazole rings is 1. The van der Waals surface area contributed by atoms with Crippen molar-refractivity contribution in [3.05, 3.63) is 135 Å². The third-order valence-corrected chi connectivity index (χ3v) is 12.6. The van der Waals surface area contributed by atoms with E-state index in [9.17, 15) is 31.5 Å². The molecule has 9 rings (SSSR count). The number of imidazole rings is 1. The van der Waals surface area contributed by atoms with Crippen molar-refractivity contribution >= 4 is 39.2 Å². The summed E-state index contributed by atoms with van der Waals surface area (Å²) in [7, 11) is 0.